The van der Waals surface area contributed by atoms with E-state index < -0.39 is 17.9 Å². The van der Waals surface area contributed by atoms with Crippen LogP contribution in [0.1, 0.15) is 11.1 Å². The van der Waals surface area contributed by atoms with Gasteiger partial charge in [0.15, 0.2) is 0 Å². The fraction of sp³-hybridized carbons (Fsp3) is 0.286. The number of likely N-dealkylation sites (N-methyl/N-ethyl adjacent to an activating group) is 1. The number of carboxylic acids is 1. The monoisotopic (exact) mass is 660 g/mol. The molecule has 3 heterocycles. The summed E-state index contributed by atoms with van der Waals surface area (Å²) in [5, 5.41) is 11.1. The zero-order valence-corrected chi connectivity index (χ0v) is 27.2. The van der Waals surface area contributed by atoms with Crippen molar-refractivity contribution in [3.63, 3.8) is 0 Å². The number of ether oxygens (including phenoxy) is 2. The SMILES string of the molecule is Cc1c(-c2c(-c3cccc(F)c3)ncc3snc(O[C@H](Cc4ccccc4)C(=O)O)c23)ccc(OCCN2CCN(C)CC2)c1Cl. The molecule has 238 valence electrons. The summed E-state index contributed by atoms with van der Waals surface area (Å²) in [6, 6.07) is 19.2. The molecule has 1 fully saturated rings. The average Bonchev–Trinajstić information content (AvgIpc) is 3.46. The molecule has 0 spiro atoms. The minimum absolute atomic E-state index is 0.150. The van der Waals surface area contributed by atoms with Crippen molar-refractivity contribution in [3.05, 3.63) is 94.9 Å². The van der Waals surface area contributed by atoms with E-state index in [0.29, 0.717) is 44.3 Å². The van der Waals surface area contributed by atoms with Crippen LogP contribution in [0, 0.1) is 12.7 Å². The third-order valence-electron chi connectivity index (χ3n) is 8.26. The minimum atomic E-state index is -1.19. The van der Waals surface area contributed by atoms with Crippen LogP contribution in [-0.4, -0.2) is 82.7 Å². The van der Waals surface area contributed by atoms with Crippen LogP contribution in [0.15, 0.2) is 72.9 Å². The van der Waals surface area contributed by atoms with Gasteiger partial charge >= 0.3 is 5.97 Å². The van der Waals surface area contributed by atoms with E-state index in [2.05, 4.69) is 21.2 Å². The molecular formula is C35H34ClFN4O4S. The van der Waals surface area contributed by atoms with Gasteiger partial charge in [-0.1, -0.05) is 60.1 Å². The highest BCUT2D eigenvalue weighted by molar-refractivity contribution is 7.13. The summed E-state index contributed by atoms with van der Waals surface area (Å²) in [6.07, 6.45) is 0.618. The molecule has 1 atom stereocenters. The van der Waals surface area contributed by atoms with Gasteiger partial charge in [-0.15, -0.1) is 0 Å². The molecule has 46 heavy (non-hydrogen) atoms. The van der Waals surface area contributed by atoms with Crippen molar-refractivity contribution in [2.24, 2.45) is 0 Å². The predicted octanol–water partition coefficient (Wildman–Crippen LogP) is 6.83. The van der Waals surface area contributed by atoms with E-state index in [1.807, 2.05) is 49.4 Å². The molecule has 1 saturated heterocycles. The summed E-state index contributed by atoms with van der Waals surface area (Å²) in [5.41, 5.74) is 3.96. The van der Waals surface area contributed by atoms with Crippen LogP contribution in [0.5, 0.6) is 11.6 Å². The van der Waals surface area contributed by atoms with Crippen LogP contribution < -0.4 is 9.47 Å². The number of halogens is 2. The molecule has 3 aromatic carbocycles. The highest BCUT2D eigenvalue weighted by atomic mass is 35.5. The number of hydrogen-bond donors (Lipinski definition) is 1. The standard InChI is InChI=1S/C35H34ClFN4O4S/c1-22-26(11-12-27(32(22)36)44-18-17-41-15-13-40(2)14-16-41)30-31-29(21-38-33(30)24-9-6-10-25(37)20-24)46-39-34(31)45-28(35(42)43)19-23-7-4-3-5-8-23/h3-12,20-21,28H,13-19H2,1-2H3,(H,42,43)/t28-/m1/s1. The van der Waals surface area contributed by atoms with Crippen LogP contribution in [0.4, 0.5) is 4.39 Å². The van der Waals surface area contributed by atoms with Gasteiger partial charge in [0.05, 0.1) is 20.8 Å². The number of hydrogen-bond acceptors (Lipinski definition) is 8. The van der Waals surface area contributed by atoms with Gasteiger partial charge in [-0.05, 0) is 60.4 Å². The summed E-state index contributed by atoms with van der Waals surface area (Å²) in [7, 11) is 2.13. The Morgan fingerprint density at radius 1 is 1.09 bits per heavy atom. The largest absolute Gasteiger partial charge is 0.491 e. The number of piperazine rings is 1. The van der Waals surface area contributed by atoms with Crippen molar-refractivity contribution in [1.29, 1.82) is 0 Å². The number of rotatable bonds is 11. The van der Waals surface area contributed by atoms with Gasteiger partial charge in [-0.2, -0.15) is 4.37 Å². The number of aliphatic carboxylic acids is 1. The third-order valence-corrected chi connectivity index (χ3v) is 9.49. The average molecular weight is 661 g/mol. The maximum atomic E-state index is 14.5. The molecule has 2 aromatic heterocycles. The van der Waals surface area contributed by atoms with E-state index in [1.54, 1.807) is 18.3 Å². The zero-order chi connectivity index (χ0) is 32.2. The smallest absolute Gasteiger partial charge is 0.345 e. The lowest BCUT2D eigenvalue weighted by Crippen LogP contribution is -2.45. The van der Waals surface area contributed by atoms with Crippen molar-refractivity contribution in [2.45, 2.75) is 19.4 Å². The number of nitrogens with zero attached hydrogens (tertiary/aromatic N) is 4. The number of fused-ring (bicyclic) bond motifs is 1. The lowest BCUT2D eigenvalue weighted by Gasteiger charge is -2.32. The Morgan fingerprint density at radius 2 is 1.87 bits per heavy atom. The highest BCUT2D eigenvalue weighted by Gasteiger charge is 2.27. The minimum Gasteiger partial charge on any atom is -0.491 e. The summed E-state index contributed by atoms with van der Waals surface area (Å²) in [5.74, 6) is -0.777. The van der Waals surface area contributed by atoms with Crippen molar-refractivity contribution >= 4 is 39.2 Å². The van der Waals surface area contributed by atoms with Crippen molar-refractivity contribution in [3.8, 4) is 34.0 Å². The van der Waals surface area contributed by atoms with E-state index in [1.165, 1.54) is 12.1 Å². The number of benzene rings is 3. The molecule has 0 radical (unpaired) electrons. The molecular weight excluding hydrogens is 627 g/mol. The molecule has 6 rings (SSSR count). The molecule has 1 aliphatic rings. The quantitative estimate of drug-likeness (QED) is 0.165. The first-order valence-corrected chi connectivity index (χ1v) is 16.2. The molecule has 0 saturated carbocycles. The fourth-order valence-corrected chi connectivity index (χ4v) is 6.57. The van der Waals surface area contributed by atoms with Crippen LogP contribution in [0.25, 0.3) is 32.5 Å². The number of carbonyl (C=O) groups is 1. The lowest BCUT2D eigenvalue weighted by molar-refractivity contribution is -0.145. The Hall–Kier alpha value is -4.09. The first-order chi connectivity index (χ1) is 22.3. The van der Waals surface area contributed by atoms with Gasteiger partial charge in [0, 0.05) is 56.5 Å². The summed E-state index contributed by atoms with van der Waals surface area (Å²) in [4.78, 5) is 21.8. The normalized spacial score (nSPS) is 14.8. The third kappa shape index (κ3) is 7.00. The lowest BCUT2D eigenvalue weighted by atomic mass is 9.93. The summed E-state index contributed by atoms with van der Waals surface area (Å²) < 4.78 is 32.0. The Labute approximate surface area is 276 Å². The van der Waals surface area contributed by atoms with Crippen molar-refractivity contribution < 1.29 is 23.8 Å². The number of pyridine rings is 1. The van der Waals surface area contributed by atoms with E-state index in [9.17, 15) is 14.3 Å². The Bertz CT molecular complexity index is 1850. The summed E-state index contributed by atoms with van der Waals surface area (Å²) >= 11 is 8.10. The zero-order valence-electron chi connectivity index (χ0n) is 25.6. The molecule has 5 aromatic rings. The first kappa shape index (κ1) is 31.9. The highest BCUT2D eigenvalue weighted by Crippen LogP contribution is 2.46. The van der Waals surface area contributed by atoms with Crippen molar-refractivity contribution in [2.75, 3.05) is 46.4 Å². The van der Waals surface area contributed by atoms with Crippen LogP contribution in [-0.2, 0) is 11.2 Å². The summed E-state index contributed by atoms with van der Waals surface area (Å²) in [6.45, 7) is 7.26. The molecule has 0 unspecified atom stereocenters. The Balaban J connectivity index is 1.39. The molecule has 0 bridgehead atoms. The molecule has 1 N–H and O–H groups in total. The van der Waals surface area contributed by atoms with Gasteiger partial charge in [0.25, 0.3) is 0 Å². The van der Waals surface area contributed by atoms with Gasteiger partial charge in [-0.25, -0.2) is 9.18 Å². The second-order valence-corrected chi connectivity index (χ2v) is 12.6. The molecule has 1 aliphatic heterocycles. The second-order valence-electron chi connectivity index (χ2n) is 11.4. The molecule has 0 amide bonds. The first-order valence-electron chi connectivity index (χ1n) is 15.1. The van der Waals surface area contributed by atoms with E-state index in [-0.39, 0.29) is 12.3 Å². The van der Waals surface area contributed by atoms with Gasteiger partial charge in [0.2, 0.25) is 12.0 Å². The van der Waals surface area contributed by atoms with Crippen LogP contribution in [0.2, 0.25) is 5.02 Å². The maximum Gasteiger partial charge on any atom is 0.345 e. The van der Waals surface area contributed by atoms with Gasteiger partial charge in [-0.3, -0.25) is 9.88 Å². The van der Waals surface area contributed by atoms with Gasteiger partial charge in [0.1, 0.15) is 18.2 Å². The van der Waals surface area contributed by atoms with Crippen LogP contribution >= 0.6 is 23.1 Å². The number of aromatic nitrogens is 2. The molecule has 11 heteroatoms. The molecule has 8 nitrogen and oxygen atoms in total. The van der Waals surface area contributed by atoms with E-state index >= 15 is 0 Å². The van der Waals surface area contributed by atoms with Gasteiger partial charge < -0.3 is 19.5 Å². The van der Waals surface area contributed by atoms with E-state index in [0.717, 1.165) is 60.9 Å². The van der Waals surface area contributed by atoms with E-state index in [4.69, 9.17) is 26.1 Å². The van der Waals surface area contributed by atoms with Crippen LogP contribution in [0.3, 0.4) is 0 Å². The molecule has 0 aliphatic carbocycles. The maximum absolute atomic E-state index is 14.5. The topological polar surface area (TPSA) is 88.0 Å². The Morgan fingerprint density at radius 3 is 2.61 bits per heavy atom. The van der Waals surface area contributed by atoms with Crippen molar-refractivity contribution in [1.82, 2.24) is 19.2 Å². The Kier molecular flexibility index (Phi) is 9.79. The second kappa shape index (κ2) is 14.1. The fourth-order valence-electron chi connectivity index (χ4n) is 5.65. The predicted molar refractivity (Wildman–Crippen MR) is 180 cm³/mol. The number of carboxylic acid groups (broad SMARTS) is 1.